The third kappa shape index (κ3) is 9.02. The van der Waals surface area contributed by atoms with Gasteiger partial charge in [-0.3, -0.25) is 9.59 Å². The molecule has 3 aromatic rings. The standard InChI is InChI=1S/C35H46N6O6/c1-34(2,3)46-32(44)40-17-13-23(14-18-40)30(42)36-25-9-7-22(8-10-25)29-38-27-12-11-26(21-28(27)39-29)37-31(43)24-15-19-41(20-16-24)33(45)47-35(4,5)6/h7-12,21,23-24H,13-20H2,1-6H3,(H,36,42)(H,37,43)(H,38,39). The molecule has 3 N–H and O–H groups in total. The number of anilines is 2. The fourth-order valence-electron chi connectivity index (χ4n) is 5.73. The first kappa shape index (κ1) is 33.7. The van der Waals surface area contributed by atoms with Crippen LogP contribution in [0.25, 0.3) is 22.4 Å². The third-order valence-electron chi connectivity index (χ3n) is 8.21. The summed E-state index contributed by atoms with van der Waals surface area (Å²) in [6.45, 7) is 13.0. The van der Waals surface area contributed by atoms with E-state index < -0.39 is 11.2 Å². The van der Waals surface area contributed by atoms with Crippen LogP contribution in [0.5, 0.6) is 0 Å². The molecule has 0 bridgehead atoms. The third-order valence-corrected chi connectivity index (χ3v) is 8.21. The maximum Gasteiger partial charge on any atom is 0.410 e. The van der Waals surface area contributed by atoms with Gasteiger partial charge in [-0.05, 0) is 110 Å². The van der Waals surface area contributed by atoms with Gasteiger partial charge >= 0.3 is 12.2 Å². The molecular weight excluding hydrogens is 600 g/mol. The van der Waals surface area contributed by atoms with Crippen LogP contribution in [0, 0.1) is 11.8 Å². The number of H-pyrrole nitrogens is 1. The highest BCUT2D eigenvalue weighted by atomic mass is 16.6. The fourth-order valence-corrected chi connectivity index (χ4v) is 5.73. The Morgan fingerprint density at radius 1 is 0.702 bits per heavy atom. The molecule has 3 heterocycles. The van der Waals surface area contributed by atoms with E-state index >= 15 is 0 Å². The summed E-state index contributed by atoms with van der Waals surface area (Å²) in [5, 5.41) is 6.02. The van der Waals surface area contributed by atoms with E-state index in [9.17, 15) is 19.2 Å². The Hall–Kier alpha value is -4.61. The molecule has 4 amide bonds. The Morgan fingerprint density at radius 2 is 1.15 bits per heavy atom. The van der Waals surface area contributed by atoms with Gasteiger partial charge < -0.3 is 34.9 Å². The number of fused-ring (bicyclic) bond motifs is 1. The van der Waals surface area contributed by atoms with E-state index in [2.05, 4.69) is 15.6 Å². The molecule has 0 atom stereocenters. The summed E-state index contributed by atoms with van der Waals surface area (Å²) in [4.78, 5) is 62.0. The highest BCUT2D eigenvalue weighted by Crippen LogP contribution is 2.27. The van der Waals surface area contributed by atoms with Crippen molar-refractivity contribution < 1.29 is 28.7 Å². The number of imidazole rings is 1. The van der Waals surface area contributed by atoms with Crippen molar-refractivity contribution in [1.29, 1.82) is 0 Å². The van der Waals surface area contributed by atoms with Crippen LogP contribution in [-0.4, -0.2) is 81.1 Å². The second-order valence-corrected chi connectivity index (χ2v) is 14.4. The number of piperidine rings is 2. The lowest BCUT2D eigenvalue weighted by Crippen LogP contribution is -2.43. The van der Waals surface area contributed by atoms with Crippen LogP contribution < -0.4 is 10.6 Å². The number of nitrogens with zero attached hydrogens (tertiary/aromatic N) is 3. The van der Waals surface area contributed by atoms with Crippen molar-refractivity contribution in [1.82, 2.24) is 19.8 Å². The number of carbonyl (C=O) groups excluding carboxylic acids is 4. The van der Waals surface area contributed by atoms with Crippen molar-refractivity contribution in [3.8, 4) is 11.4 Å². The Kier molecular flexibility index (Phi) is 9.78. The van der Waals surface area contributed by atoms with Gasteiger partial charge in [0.05, 0.1) is 11.0 Å². The summed E-state index contributed by atoms with van der Waals surface area (Å²) in [7, 11) is 0. The van der Waals surface area contributed by atoms with Crippen LogP contribution in [0.3, 0.4) is 0 Å². The highest BCUT2D eigenvalue weighted by molar-refractivity contribution is 5.95. The van der Waals surface area contributed by atoms with E-state index in [0.29, 0.717) is 69.1 Å². The maximum absolute atomic E-state index is 13.0. The monoisotopic (exact) mass is 646 g/mol. The van der Waals surface area contributed by atoms with Crippen LogP contribution in [0.1, 0.15) is 67.2 Å². The van der Waals surface area contributed by atoms with Crippen molar-refractivity contribution in [2.24, 2.45) is 11.8 Å². The number of amides is 4. The molecule has 0 unspecified atom stereocenters. The summed E-state index contributed by atoms with van der Waals surface area (Å²) in [6, 6.07) is 13.0. The van der Waals surface area contributed by atoms with Gasteiger partial charge in [0.25, 0.3) is 0 Å². The largest absolute Gasteiger partial charge is 0.444 e. The number of nitrogens with one attached hydrogen (secondary N) is 3. The average Bonchev–Trinajstić information content (AvgIpc) is 3.43. The Balaban J connectivity index is 1.12. The molecule has 5 rings (SSSR count). The molecule has 0 spiro atoms. The number of ether oxygens (including phenoxy) is 2. The molecule has 252 valence electrons. The number of hydrogen-bond donors (Lipinski definition) is 3. The Bertz CT molecular complexity index is 1600. The molecule has 0 saturated carbocycles. The van der Waals surface area contributed by atoms with E-state index in [1.165, 1.54) is 0 Å². The lowest BCUT2D eigenvalue weighted by molar-refractivity contribution is -0.122. The lowest BCUT2D eigenvalue weighted by atomic mass is 9.96. The second kappa shape index (κ2) is 13.6. The van der Waals surface area contributed by atoms with E-state index in [4.69, 9.17) is 14.5 Å². The van der Waals surface area contributed by atoms with Gasteiger partial charge in [-0.25, -0.2) is 14.6 Å². The maximum atomic E-state index is 13.0. The van der Waals surface area contributed by atoms with Gasteiger partial charge in [-0.1, -0.05) is 0 Å². The molecule has 47 heavy (non-hydrogen) atoms. The van der Waals surface area contributed by atoms with Crippen LogP contribution >= 0.6 is 0 Å². The molecule has 12 heteroatoms. The quantitative estimate of drug-likeness (QED) is 0.291. The predicted molar refractivity (Wildman–Crippen MR) is 180 cm³/mol. The first-order valence-corrected chi connectivity index (χ1v) is 16.3. The fraction of sp³-hybridized carbons (Fsp3) is 0.514. The Morgan fingerprint density at radius 3 is 1.62 bits per heavy atom. The molecule has 0 aliphatic carbocycles. The molecule has 2 aliphatic heterocycles. The molecule has 0 radical (unpaired) electrons. The van der Waals surface area contributed by atoms with Gasteiger partial charge in [0.15, 0.2) is 0 Å². The minimum atomic E-state index is -0.552. The van der Waals surface area contributed by atoms with Gasteiger partial charge in [0, 0.05) is 55.0 Å². The number of likely N-dealkylation sites (tertiary alicyclic amines) is 2. The topological polar surface area (TPSA) is 146 Å². The van der Waals surface area contributed by atoms with Crippen LogP contribution in [0.2, 0.25) is 0 Å². The van der Waals surface area contributed by atoms with Crippen molar-refractivity contribution in [2.75, 3.05) is 36.8 Å². The SMILES string of the molecule is CC(C)(C)OC(=O)N1CCC(C(=O)Nc2ccc(-c3nc4ccc(NC(=O)C5CCN(C(=O)OC(C)(C)C)CC5)cc4[nH]3)cc2)CC1. The molecule has 2 saturated heterocycles. The van der Waals surface area contributed by atoms with Crippen LogP contribution in [0.15, 0.2) is 42.5 Å². The van der Waals surface area contributed by atoms with Gasteiger partial charge in [-0.2, -0.15) is 0 Å². The number of hydrogen-bond acceptors (Lipinski definition) is 7. The number of rotatable bonds is 5. The molecule has 1 aromatic heterocycles. The zero-order valence-electron chi connectivity index (χ0n) is 28.1. The normalized spacial score (nSPS) is 16.6. The number of aromatic nitrogens is 2. The average molecular weight is 647 g/mol. The zero-order chi connectivity index (χ0) is 33.9. The number of carbonyl (C=O) groups is 4. The molecule has 12 nitrogen and oxygen atoms in total. The van der Waals surface area contributed by atoms with Gasteiger partial charge in [0.1, 0.15) is 17.0 Å². The lowest BCUT2D eigenvalue weighted by Gasteiger charge is -2.32. The van der Waals surface area contributed by atoms with Crippen molar-refractivity contribution in [3.63, 3.8) is 0 Å². The van der Waals surface area contributed by atoms with E-state index in [0.717, 1.165) is 16.6 Å². The van der Waals surface area contributed by atoms with E-state index in [-0.39, 0.29) is 35.8 Å². The summed E-state index contributed by atoms with van der Waals surface area (Å²) < 4.78 is 10.9. The first-order valence-electron chi connectivity index (χ1n) is 16.3. The highest BCUT2D eigenvalue weighted by Gasteiger charge is 2.31. The molecule has 2 aliphatic rings. The van der Waals surface area contributed by atoms with Crippen molar-refractivity contribution >= 4 is 46.4 Å². The molecular formula is C35H46N6O6. The number of benzene rings is 2. The van der Waals surface area contributed by atoms with Crippen LogP contribution in [0.4, 0.5) is 21.0 Å². The van der Waals surface area contributed by atoms with Crippen molar-refractivity contribution in [3.05, 3.63) is 42.5 Å². The summed E-state index contributed by atoms with van der Waals surface area (Å²) in [5.74, 6) is 0.173. The van der Waals surface area contributed by atoms with Crippen molar-refractivity contribution in [2.45, 2.75) is 78.4 Å². The van der Waals surface area contributed by atoms with Crippen LogP contribution in [-0.2, 0) is 19.1 Å². The zero-order valence-corrected chi connectivity index (χ0v) is 28.1. The van der Waals surface area contributed by atoms with Gasteiger partial charge in [-0.15, -0.1) is 0 Å². The number of aromatic amines is 1. The molecule has 2 aromatic carbocycles. The first-order chi connectivity index (χ1) is 22.1. The minimum Gasteiger partial charge on any atom is -0.444 e. The molecule has 2 fully saturated rings. The van der Waals surface area contributed by atoms with E-state index in [1.807, 2.05) is 84.0 Å². The smallest absolute Gasteiger partial charge is 0.410 e. The van der Waals surface area contributed by atoms with Gasteiger partial charge in [0.2, 0.25) is 11.8 Å². The summed E-state index contributed by atoms with van der Waals surface area (Å²) >= 11 is 0. The summed E-state index contributed by atoms with van der Waals surface area (Å²) in [5.41, 5.74) is 2.66. The Labute approximate surface area is 275 Å². The summed E-state index contributed by atoms with van der Waals surface area (Å²) in [6.07, 6.45) is 1.63. The second-order valence-electron chi connectivity index (χ2n) is 14.4. The predicted octanol–water partition coefficient (Wildman–Crippen LogP) is 6.40. The van der Waals surface area contributed by atoms with E-state index in [1.54, 1.807) is 9.80 Å². The minimum absolute atomic E-state index is 0.0616.